The van der Waals surface area contributed by atoms with Gasteiger partial charge in [0, 0.05) is 12.1 Å². The molecule has 17 heavy (non-hydrogen) atoms. The standard InChI is InChI=1S/C13H17ClFNO/c1-3-4-11(14)8-16-13(17)10-6-5-9(2)12(15)7-10/h5-7,11H,3-4,8H2,1-2H3,(H,16,17). The largest absolute Gasteiger partial charge is 0.351 e. The van der Waals surface area contributed by atoms with E-state index in [4.69, 9.17) is 11.6 Å². The van der Waals surface area contributed by atoms with Gasteiger partial charge in [-0.05, 0) is 31.0 Å². The van der Waals surface area contributed by atoms with E-state index in [-0.39, 0.29) is 17.1 Å². The fraction of sp³-hybridized carbons (Fsp3) is 0.462. The van der Waals surface area contributed by atoms with Crippen LogP contribution in [0.4, 0.5) is 4.39 Å². The van der Waals surface area contributed by atoms with Crippen molar-refractivity contribution in [2.75, 3.05) is 6.54 Å². The summed E-state index contributed by atoms with van der Waals surface area (Å²) in [4.78, 5) is 11.7. The van der Waals surface area contributed by atoms with Crippen molar-refractivity contribution in [3.8, 4) is 0 Å². The average Bonchev–Trinajstić information content (AvgIpc) is 2.30. The molecule has 0 spiro atoms. The van der Waals surface area contributed by atoms with Crippen LogP contribution in [0.1, 0.15) is 35.7 Å². The molecule has 0 bridgehead atoms. The Morgan fingerprint density at radius 1 is 1.53 bits per heavy atom. The SMILES string of the molecule is CCCC(Cl)CNC(=O)c1ccc(C)c(F)c1. The highest BCUT2D eigenvalue weighted by atomic mass is 35.5. The number of carbonyl (C=O) groups excluding carboxylic acids is 1. The number of benzene rings is 1. The second-order valence-corrected chi connectivity index (χ2v) is 4.68. The summed E-state index contributed by atoms with van der Waals surface area (Å²) >= 11 is 5.98. The molecular weight excluding hydrogens is 241 g/mol. The van der Waals surface area contributed by atoms with Crippen molar-refractivity contribution < 1.29 is 9.18 Å². The van der Waals surface area contributed by atoms with E-state index in [2.05, 4.69) is 5.32 Å². The van der Waals surface area contributed by atoms with Gasteiger partial charge in [0.15, 0.2) is 0 Å². The number of alkyl halides is 1. The van der Waals surface area contributed by atoms with Gasteiger partial charge in [0.05, 0.1) is 5.38 Å². The lowest BCUT2D eigenvalue weighted by Crippen LogP contribution is -2.29. The maximum atomic E-state index is 13.3. The lowest BCUT2D eigenvalue weighted by atomic mass is 10.1. The van der Waals surface area contributed by atoms with E-state index in [1.54, 1.807) is 19.1 Å². The second-order valence-electron chi connectivity index (χ2n) is 4.06. The van der Waals surface area contributed by atoms with Gasteiger partial charge >= 0.3 is 0 Å². The number of amides is 1. The first-order valence-electron chi connectivity index (χ1n) is 5.73. The Morgan fingerprint density at radius 3 is 2.82 bits per heavy atom. The number of rotatable bonds is 5. The summed E-state index contributed by atoms with van der Waals surface area (Å²) in [6.07, 6.45) is 1.83. The van der Waals surface area contributed by atoms with Crippen molar-refractivity contribution in [1.29, 1.82) is 0 Å². The normalized spacial score (nSPS) is 12.2. The molecule has 0 aromatic heterocycles. The van der Waals surface area contributed by atoms with Gasteiger partial charge in [-0.3, -0.25) is 4.79 Å². The Bertz CT molecular complexity index is 395. The van der Waals surface area contributed by atoms with Crippen LogP contribution in [0.25, 0.3) is 0 Å². The van der Waals surface area contributed by atoms with Gasteiger partial charge in [0.1, 0.15) is 5.82 Å². The molecule has 1 aromatic carbocycles. The highest BCUT2D eigenvalue weighted by Gasteiger charge is 2.10. The third-order valence-electron chi connectivity index (χ3n) is 2.52. The Kier molecular flexibility index (Phi) is 5.42. The van der Waals surface area contributed by atoms with Crippen molar-refractivity contribution in [2.45, 2.75) is 32.1 Å². The summed E-state index contributed by atoms with van der Waals surface area (Å²) < 4.78 is 13.3. The van der Waals surface area contributed by atoms with Gasteiger partial charge in [-0.1, -0.05) is 19.4 Å². The molecule has 0 radical (unpaired) electrons. The zero-order valence-electron chi connectivity index (χ0n) is 10.1. The lowest BCUT2D eigenvalue weighted by Gasteiger charge is -2.10. The van der Waals surface area contributed by atoms with Crippen LogP contribution in [-0.2, 0) is 0 Å². The number of halogens is 2. The van der Waals surface area contributed by atoms with Gasteiger partial charge < -0.3 is 5.32 Å². The van der Waals surface area contributed by atoms with Gasteiger partial charge in [0.25, 0.3) is 5.91 Å². The van der Waals surface area contributed by atoms with Gasteiger partial charge in [0.2, 0.25) is 0 Å². The van der Waals surface area contributed by atoms with Crippen molar-refractivity contribution >= 4 is 17.5 Å². The first-order valence-corrected chi connectivity index (χ1v) is 6.16. The smallest absolute Gasteiger partial charge is 0.251 e. The minimum atomic E-state index is -0.367. The van der Waals surface area contributed by atoms with Crippen LogP contribution < -0.4 is 5.32 Å². The minimum absolute atomic E-state index is 0.0701. The Morgan fingerprint density at radius 2 is 2.24 bits per heavy atom. The predicted octanol–water partition coefficient (Wildman–Crippen LogP) is 3.27. The number of aryl methyl sites for hydroxylation is 1. The monoisotopic (exact) mass is 257 g/mol. The third kappa shape index (κ3) is 4.35. The highest BCUT2D eigenvalue weighted by molar-refractivity contribution is 6.20. The van der Waals surface area contributed by atoms with Gasteiger partial charge in [-0.2, -0.15) is 0 Å². The molecule has 2 nitrogen and oxygen atoms in total. The molecule has 0 saturated heterocycles. The Balaban J connectivity index is 2.55. The number of hydrogen-bond donors (Lipinski definition) is 1. The summed E-state index contributed by atoms with van der Waals surface area (Å²) in [5, 5.41) is 2.62. The van der Waals surface area contributed by atoms with Crippen LogP contribution in [0, 0.1) is 12.7 Å². The van der Waals surface area contributed by atoms with E-state index in [1.807, 2.05) is 6.92 Å². The van der Waals surface area contributed by atoms with E-state index < -0.39 is 0 Å². The molecule has 0 saturated carbocycles. The van der Waals surface area contributed by atoms with Crippen LogP contribution in [0.5, 0.6) is 0 Å². The molecule has 1 amide bonds. The summed E-state index contributed by atoms with van der Waals surface area (Å²) in [5.74, 6) is -0.653. The van der Waals surface area contributed by atoms with Crippen LogP contribution in [0.3, 0.4) is 0 Å². The number of nitrogens with one attached hydrogen (secondary N) is 1. The van der Waals surface area contributed by atoms with E-state index in [0.29, 0.717) is 17.7 Å². The molecule has 1 atom stereocenters. The summed E-state index contributed by atoms with van der Waals surface area (Å²) in [7, 11) is 0. The molecule has 1 unspecified atom stereocenters. The molecule has 1 N–H and O–H groups in total. The van der Waals surface area contributed by atoms with Crippen molar-refractivity contribution in [3.63, 3.8) is 0 Å². The van der Waals surface area contributed by atoms with Crippen molar-refractivity contribution in [1.82, 2.24) is 5.32 Å². The first kappa shape index (κ1) is 14.0. The van der Waals surface area contributed by atoms with E-state index in [0.717, 1.165) is 12.8 Å². The zero-order chi connectivity index (χ0) is 12.8. The summed E-state index contributed by atoms with van der Waals surface area (Å²) in [5.41, 5.74) is 0.858. The van der Waals surface area contributed by atoms with E-state index >= 15 is 0 Å². The Labute approximate surface area is 106 Å². The predicted molar refractivity (Wildman–Crippen MR) is 68.0 cm³/mol. The number of carbonyl (C=O) groups is 1. The Hall–Kier alpha value is -1.09. The summed E-state index contributed by atoms with van der Waals surface area (Å²) in [6, 6.07) is 4.44. The van der Waals surface area contributed by atoms with Crippen molar-refractivity contribution in [3.05, 3.63) is 35.1 Å². The molecule has 0 heterocycles. The van der Waals surface area contributed by atoms with Gasteiger partial charge in [-0.15, -0.1) is 11.6 Å². The van der Waals surface area contributed by atoms with Crippen LogP contribution in [0.2, 0.25) is 0 Å². The summed E-state index contributed by atoms with van der Waals surface area (Å²) in [6.45, 7) is 4.10. The molecule has 0 aliphatic heterocycles. The molecule has 0 aliphatic carbocycles. The maximum absolute atomic E-state index is 13.3. The molecule has 0 aliphatic rings. The van der Waals surface area contributed by atoms with Crippen LogP contribution >= 0.6 is 11.6 Å². The average molecular weight is 258 g/mol. The van der Waals surface area contributed by atoms with Crippen LogP contribution in [0.15, 0.2) is 18.2 Å². The lowest BCUT2D eigenvalue weighted by molar-refractivity contribution is 0.0953. The molecule has 94 valence electrons. The highest BCUT2D eigenvalue weighted by Crippen LogP contribution is 2.09. The topological polar surface area (TPSA) is 29.1 Å². The quantitative estimate of drug-likeness (QED) is 0.806. The first-order chi connectivity index (χ1) is 8.04. The zero-order valence-corrected chi connectivity index (χ0v) is 10.9. The van der Waals surface area contributed by atoms with Gasteiger partial charge in [-0.25, -0.2) is 4.39 Å². The fourth-order valence-electron chi connectivity index (χ4n) is 1.45. The minimum Gasteiger partial charge on any atom is -0.351 e. The van der Waals surface area contributed by atoms with E-state index in [9.17, 15) is 9.18 Å². The molecular formula is C13H17ClFNO. The third-order valence-corrected chi connectivity index (χ3v) is 2.89. The van der Waals surface area contributed by atoms with E-state index in [1.165, 1.54) is 6.07 Å². The van der Waals surface area contributed by atoms with Crippen LogP contribution in [-0.4, -0.2) is 17.8 Å². The molecule has 1 rings (SSSR count). The van der Waals surface area contributed by atoms with Crippen molar-refractivity contribution in [2.24, 2.45) is 0 Å². The molecule has 0 fully saturated rings. The fourth-order valence-corrected chi connectivity index (χ4v) is 1.75. The maximum Gasteiger partial charge on any atom is 0.251 e. The molecule has 4 heteroatoms. The molecule has 1 aromatic rings. The number of hydrogen-bond acceptors (Lipinski definition) is 1. The second kappa shape index (κ2) is 6.60.